The highest BCUT2D eigenvalue weighted by Crippen LogP contribution is 2.33. The van der Waals surface area contributed by atoms with Crippen molar-refractivity contribution < 1.29 is 14.3 Å². The number of amides is 1. The summed E-state index contributed by atoms with van der Waals surface area (Å²) in [6.07, 6.45) is 1.88. The molecule has 2 heterocycles. The lowest BCUT2D eigenvalue weighted by atomic mass is 9.91. The van der Waals surface area contributed by atoms with Crippen molar-refractivity contribution in [1.82, 2.24) is 10.2 Å². The van der Waals surface area contributed by atoms with Crippen LogP contribution >= 0.6 is 0 Å². The summed E-state index contributed by atoms with van der Waals surface area (Å²) in [7, 11) is 0. The molecule has 0 aromatic heterocycles. The molecule has 0 spiro atoms. The number of rotatable bonds is 7. The Morgan fingerprint density at radius 2 is 2.16 bits per heavy atom. The van der Waals surface area contributed by atoms with E-state index in [4.69, 9.17) is 9.47 Å². The standard InChI is InChI=1S/C20H30N2O3/c1-15(2)21-20(23)18-12-17-8-9-22(13-19(17)25-18)10-11-24-14-16-6-4-3-5-7-16/h3-7,15,17-19H,8-14H2,1-2H3,(H,21,23)/t17-,18+,19-/m0/s1. The first-order valence-corrected chi connectivity index (χ1v) is 9.41. The number of carbonyl (C=O) groups excluding carboxylic acids is 1. The van der Waals surface area contributed by atoms with E-state index >= 15 is 0 Å². The molecule has 3 rings (SSSR count). The van der Waals surface area contributed by atoms with E-state index in [0.717, 1.165) is 39.1 Å². The second kappa shape index (κ2) is 8.79. The quantitative estimate of drug-likeness (QED) is 0.769. The van der Waals surface area contributed by atoms with Crippen LogP contribution in [0.25, 0.3) is 0 Å². The van der Waals surface area contributed by atoms with Crippen LogP contribution in [0.3, 0.4) is 0 Å². The number of carbonyl (C=O) groups is 1. The molecule has 0 aliphatic carbocycles. The van der Waals surface area contributed by atoms with Gasteiger partial charge in [0.25, 0.3) is 0 Å². The minimum absolute atomic E-state index is 0.0437. The first-order valence-electron chi connectivity index (χ1n) is 9.41. The number of benzene rings is 1. The van der Waals surface area contributed by atoms with Gasteiger partial charge < -0.3 is 14.8 Å². The first-order chi connectivity index (χ1) is 12.1. The molecule has 1 aromatic rings. The Hall–Kier alpha value is -1.43. The molecule has 25 heavy (non-hydrogen) atoms. The summed E-state index contributed by atoms with van der Waals surface area (Å²) in [5, 5.41) is 2.97. The molecule has 1 aromatic carbocycles. The van der Waals surface area contributed by atoms with Gasteiger partial charge in [0.05, 0.1) is 19.3 Å². The Morgan fingerprint density at radius 3 is 2.92 bits per heavy atom. The second-order valence-electron chi connectivity index (χ2n) is 7.45. The summed E-state index contributed by atoms with van der Waals surface area (Å²) in [5.74, 6) is 0.562. The van der Waals surface area contributed by atoms with Gasteiger partial charge in [-0.1, -0.05) is 30.3 Å². The van der Waals surface area contributed by atoms with E-state index in [2.05, 4.69) is 22.3 Å². The van der Waals surface area contributed by atoms with Gasteiger partial charge in [0.15, 0.2) is 0 Å². The average Bonchev–Trinajstić information content (AvgIpc) is 3.02. The van der Waals surface area contributed by atoms with E-state index in [9.17, 15) is 4.79 Å². The minimum Gasteiger partial charge on any atom is -0.375 e. The van der Waals surface area contributed by atoms with Gasteiger partial charge in [-0.25, -0.2) is 0 Å². The summed E-state index contributed by atoms with van der Waals surface area (Å²) < 4.78 is 11.8. The van der Waals surface area contributed by atoms with E-state index in [-0.39, 0.29) is 24.2 Å². The van der Waals surface area contributed by atoms with Gasteiger partial charge in [-0.15, -0.1) is 0 Å². The average molecular weight is 346 g/mol. The molecule has 0 saturated carbocycles. The molecule has 1 amide bonds. The number of hydrogen-bond acceptors (Lipinski definition) is 4. The number of nitrogens with zero attached hydrogens (tertiary/aromatic N) is 1. The van der Waals surface area contributed by atoms with E-state index in [1.165, 1.54) is 5.56 Å². The molecule has 0 unspecified atom stereocenters. The number of hydrogen-bond donors (Lipinski definition) is 1. The van der Waals surface area contributed by atoms with Gasteiger partial charge >= 0.3 is 0 Å². The van der Waals surface area contributed by atoms with Gasteiger partial charge in [-0.2, -0.15) is 0 Å². The molecule has 2 saturated heterocycles. The number of piperidine rings is 1. The zero-order chi connectivity index (χ0) is 17.6. The molecule has 2 aliphatic heterocycles. The van der Waals surface area contributed by atoms with E-state index in [1.807, 2.05) is 32.0 Å². The monoisotopic (exact) mass is 346 g/mol. The van der Waals surface area contributed by atoms with Gasteiger partial charge in [0.1, 0.15) is 6.10 Å². The molecule has 1 N–H and O–H groups in total. The summed E-state index contributed by atoms with van der Waals surface area (Å²) in [6.45, 7) is 8.25. The zero-order valence-corrected chi connectivity index (χ0v) is 15.3. The van der Waals surface area contributed by atoms with Crippen LogP contribution in [0.2, 0.25) is 0 Å². The van der Waals surface area contributed by atoms with Crippen molar-refractivity contribution in [2.75, 3.05) is 26.2 Å². The lowest BCUT2D eigenvalue weighted by molar-refractivity contribution is -0.133. The fourth-order valence-electron chi connectivity index (χ4n) is 3.70. The molecule has 0 radical (unpaired) electrons. The lowest BCUT2D eigenvalue weighted by Crippen LogP contribution is -2.44. The van der Waals surface area contributed by atoms with Crippen LogP contribution in [0.15, 0.2) is 30.3 Å². The molecule has 0 bridgehead atoms. The maximum atomic E-state index is 12.2. The van der Waals surface area contributed by atoms with Crippen LogP contribution in [-0.2, 0) is 20.9 Å². The van der Waals surface area contributed by atoms with Crippen LogP contribution in [0, 0.1) is 5.92 Å². The van der Waals surface area contributed by atoms with Crippen molar-refractivity contribution in [3.05, 3.63) is 35.9 Å². The largest absolute Gasteiger partial charge is 0.375 e. The first kappa shape index (κ1) is 18.4. The Bertz CT molecular complexity index is 549. The van der Waals surface area contributed by atoms with E-state index in [0.29, 0.717) is 12.5 Å². The number of nitrogens with one attached hydrogen (secondary N) is 1. The fraction of sp³-hybridized carbons (Fsp3) is 0.650. The Balaban J connectivity index is 1.37. The van der Waals surface area contributed by atoms with E-state index < -0.39 is 0 Å². The zero-order valence-electron chi connectivity index (χ0n) is 15.3. The third kappa shape index (κ3) is 5.27. The highest BCUT2D eigenvalue weighted by Gasteiger charge is 2.41. The lowest BCUT2D eigenvalue weighted by Gasteiger charge is -2.33. The van der Waals surface area contributed by atoms with Crippen molar-refractivity contribution in [2.24, 2.45) is 5.92 Å². The maximum absolute atomic E-state index is 12.2. The Kier molecular flexibility index (Phi) is 6.45. The second-order valence-corrected chi connectivity index (χ2v) is 7.45. The van der Waals surface area contributed by atoms with Crippen molar-refractivity contribution in [2.45, 2.75) is 51.5 Å². The number of ether oxygens (including phenoxy) is 2. The number of fused-ring (bicyclic) bond motifs is 1. The van der Waals surface area contributed by atoms with Crippen molar-refractivity contribution in [1.29, 1.82) is 0 Å². The molecule has 3 atom stereocenters. The molecule has 5 nitrogen and oxygen atoms in total. The molecule has 2 fully saturated rings. The summed E-state index contributed by atoms with van der Waals surface area (Å²) >= 11 is 0. The van der Waals surface area contributed by atoms with Crippen molar-refractivity contribution in [3.63, 3.8) is 0 Å². The molecular formula is C20H30N2O3. The normalized spacial score (nSPS) is 26.6. The predicted octanol–water partition coefficient (Wildman–Crippen LogP) is 2.21. The van der Waals surface area contributed by atoms with Crippen LogP contribution in [-0.4, -0.2) is 55.3 Å². The van der Waals surface area contributed by atoms with Crippen LogP contribution < -0.4 is 5.32 Å². The molecule has 2 aliphatic rings. The van der Waals surface area contributed by atoms with Crippen molar-refractivity contribution in [3.8, 4) is 0 Å². The predicted molar refractivity (Wildman–Crippen MR) is 97.2 cm³/mol. The van der Waals surface area contributed by atoms with Crippen molar-refractivity contribution >= 4 is 5.91 Å². The summed E-state index contributed by atoms with van der Waals surface area (Å²) in [5.41, 5.74) is 1.21. The molecule has 138 valence electrons. The minimum atomic E-state index is -0.272. The third-order valence-corrected chi connectivity index (χ3v) is 5.02. The molecular weight excluding hydrogens is 316 g/mol. The van der Waals surface area contributed by atoms with Gasteiger partial charge in [-0.05, 0) is 44.7 Å². The maximum Gasteiger partial charge on any atom is 0.249 e. The topological polar surface area (TPSA) is 50.8 Å². The number of likely N-dealkylation sites (tertiary alicyclic amines) is 1. The van der Waals surface area contributed by atoms with Gasteiger partial charge in [-0.3, -0.25) is 9.69 Å². The summed E-state index contributed by atoms with van der Waals surface area (Å²) in [4.78, 5) is 14.6. The van der Waals surface area contributed by atoms with E-state index in [1.54, 1.807) is 0 Å². The summed E-state index contributed by atoms with van der Waals surface area (Å²) in [6, 6.07) is 10.4. The van der Waals surface area contributed by atoms with Gasteiger partial charge in [0, 0.05) is 19.1 Å². The Labute approximate surface area is 150 Å². The smallest absolute Gasteiger partial charge is 0.249 e. The van der Waals surface area contributed by atoms with Crippen LogP contribution in [0.4, 0.5) is 0 Å². The highest BCUT2D eigenvalue weighted by molar-refractivity contribution is 5.81. The van der Waals surface area contributed by atoms with Gasteiger partial charge in [0.2, 0.25) is 5.91 Å². The van der Waals surface area contributed by atoms with Crippen LogP contribution in [0.1, 0.15) is 32.3 Å². The third-order valence-electron chi connectivity index (χ3n) is 5.02. The molecule has 5 heteroatoms. The fourth-order valence-corrected chi connectivity index (χ4v) is 3.70. The SMILES string of the molecule is CC(C)NC(=O)[C@H]1C[C@@H]2CCN(CCOCc3ccccc3)C[C@@H]2O1. The Morgan fingerprint density at radius 1 is 1.36 bits per heavy atom. The highest BCUT2D eigenvalue weighted by atomic mass is 16.5. The van der Waals surface area contributed by atoms with Crippen LogP contribution in [0.5, 0.6) is 0 Å².